The quantitative estimate of drug-likeness (QED) is 0.906. The fourth-order valence-electron chi connectivity index (χ4n) is 2.84. The number of fused-ring (bicyclic) bond motifs is 1. The Morgan fingerprint density at radius 3 is 2.95 bits per heavy atom. The molecule has 0 amide bonds. The maximum absolute atomic E-state index is 11.0. The molecule has 1 aliphatic carbocycles. The summed E-state index contributed by atoms with van der Waals surface area (Å²) in [6, 6.07) is 4.01. The first-order chi connectivity index (χ1) is 9.10. The third-order valence-electron chi connectivity index (χ3n) is 3.84. The van der Waals surface area contributed by atoms with E-state index in [4.69, 9.17) is 14.6 Å². The third kappa shape index (κ3) is 2.15. The van der Waals surface area contributed by atoms with Crippen molar-refractivity contribution in [1.29, 1.82) is 0 Å². The summed E-state index contributed by atoms with van der Waals surface area (Å²) < 4.78 is 11.4. The van der Waals surface area contributed by atoms with Crippen LogP contribution in [0.2, 0.25) is 0 Å². The molecule has 1 fully saturated rings. The Balaban J connectivity index is 1.94. The van der Waals surface area contributed by atoms with E-state index in [1.807, 2.05) is 26.0 Å². The average Bonchev–Trinajstić information content (AvgIpc) is 3.05. The summed E-state index contributed by atoms with van der Waals surface area (Å²) in [5.41, 5.74) is 2.15. The van der Waals surface area contributed by atoms with Crippen LogP contribution in [-0.4, -0.2) is 23.8 Å². The van der Waals surface area contributed by atoms with Crippen molar-refractivity contribution in [2.24, 2.45) is 5.92 Å². The van der Waals surface area contributed by atoms with E-state index < -0.39 is 5.97 Å². The van der Waals surface area contributed by atoms with Gasteiger partial charge in [-0.2, -0.15) is 0 Å². The normalized spacial score (nSPS) is 27.6. The van der Waals surface area contributed by atoms with Gasteiger partial charge in [-0.1, -0.05) is 0 Å². The van der Waals surface area contributed by atoms with Crippen molar-refractivity contribution in [1.82, 2.24) is 0 Å². The van der Waals surface area contributed by atoms with Crippen LogP contribution < -0.4 is 9.47 Å². The number of rotatable bonds is 4. The maximum Gasteiger partial charge on any atom is 0.307 e. The summed E-state index contributed by atoms with van der Waals surface area (Å²) in [5.74, 6) is 0.803. The summed E-state index contributed by atoms with van der Waals surface area (Å²) in [7, 11) is 0. The number of hydrogen-bond acceptors (Lipinski definition) is 3. The predicted octanol–water partition coefficient (Wildman–Crippen LogP) is 2.60. The lowest BCUT2D eigenvalue weighted by Crippen LogP contribution is -2.05. The maximum atomic E-state index is 11.0. The minimum Gasteiger partial charge on any atom is -0.494 e. The van der Waals surface area contributed by atoms with E-state index in [2.05, 4.69) is 0 Å². The molecule has 0 aromatic heterocycles. The van der Waals surface area contributed by atoms with Crippen molar-refractivity contribution >= 4 is 5.97 Å². The van der Waals surface area contributed by atoms with Crippen LogP contribution in [0.1, 0.15) is 37.3 Å². The van der Waals surface area contributed by atoms with Crippen LogP contribution in [0.5, 0.6) is 11.5 Å². The Morgan fingerprint density at radius 1 is 1.53 bits per heavy atom. The number of ether oxygens (including phenoxy) is 2. The average molecular weight is 262 g/mol. The Hall–Kier alpha value is -1.71. The molecule has 0 bridgehead atoms. The summed E-state index contributed by atoms with van der Waals surface area (Å²) in [5, 5.41) is 9.07. The van der Waals surface area contributed by atoms with Crippen molar-refractivity contribution < 1.29 is 19.4 Å². The highest BCUT2D eigenvalue weighted by molar-refractivity contribution is 5.76. The van der Waals surface area contributed by atoms with Gasteiger partial charge in [0.1, 0.15) is 17.6 Å². The van der Waals surface area contributed by atoms with E-state index >= 15 is 0 Å². The van der Waals surface area contributed by atoms with Crippen LogP contribution in [0.3, 0.4) is 0 Å². The van der Waals surface area contributed by atoms with Crippen molar-refractivity contribution in [2.45, 2.75) is 38.7 Å². The Bertz CT molecular complexity index is 523. The Kier molecular flexibility index (Phi) is 2.88. The molecule has 4 nitrogen and oxygen atoms in total. The predicted molar refractivity (Wildman–Crippen MR) is 69.9 cm³/mol. The number of aliphatic carboxylic acids is 1. The molecule has 1 aliphatic heterocycles. The molecule has 0 spiro atoms. The number of carbonyl (C=O) groups is 1. The lowest BCUT2D eigenvalue weighted by atomic mass is 10.0. The number of carboxylic acids is 1. The van der Waals surface area contributed by atoms with Gasteiger partial charge < -0.3 is 14.6 Å². The van der Waals surface area contributed by atoms with Gasteiger partial charge in [0.25, 0.3) is 0 Å². The standard InChI is InChI=1S/C15H18O4/c1-3-18-14-5-9-4-8(2)19-13(9)7-11(14)10-6-12(10)15(16)17/h5,7-8,10,12H,3-4,6H2,1-2H3,(H,16,17)/t8-,10-,12+/m0/s1. The fraction of sp³-hybridized carbons (Fsp3) is 0.533. The van der Waals surface area contributed by atoms with E-state index in [-0.39, 0.29) is 17.9 Å². The topological polar surface area (TPSA) is 55.8 Å². The van der Waals surface area contributed by atoms with E-state index in [1.165, 1.54) is 0 Å². The minimum absolute atomic E-state index is 0.0730. The van der Waals surface area contributed by atoms with Gasteiger partial charge in [-0.25, -0.2) is 0 Å². The fourth-order valence-corrected chi connectivity index (χ4v) is 2.84. The summed E-state index contributed by atoms with van der Waals surface area (Å²) >= 11 is 0. The van der Waals surface area contributed by atoms with Crippen molar-refractivity contribution in [3.63, 3.8) is 0 Å². The second-order valence-electron chi connectivity index (χ2n) is 5.35. The number of carboxylic acid groups (broad SMARTS) is 1. The lowest BCUT2D eigenvalue weighted by molar-refractivity contribution is -0.138. The van der Waals surface area contributed by atoms with Gasteiger partial charge in [0.2, 0.25) is 0 Å². The Labute approximate surface area is 112 Å². The first-order valence-corrected chi connectivity index (χ1v) is 6.79. The molecule has 0 saturated heterocycles. The second-order valence-corrected chi connectivity index (χ2v) is 5.35. The number of benzene rings is 1. The summed E-state index contributed by atoms with van der Waals surface area (Å²) in [4.78, 5) is 11.0. The molecule has 1 heterocycles. The van der Waals surface area contributed by atoms with Gasteiger partial charge in [-0.05, 0) is 32.4 Å². The summed E-state index contributed by atoms with van der Waals surface area (Å²) in [6.45, 7) is 4.57. The molecule has 3 rings (SSSR count). The van der Waals surface area contributed by atoms with Crippen LogP contribution in [0.25, 0.3) is 0 Å². The van der Waals surface area contributed by atoms with Crippen molar-refractivity contribution in [2.75, 3.05) is 6.61 Å². The molecule has 1 saturated carbocycles. The molecule has 2 aliphatic rings. The summed E-state index contributed by atoms with van der Waals surface area (Å²) in [6.07, 6.45) is 1.78. The van der Waals surface area contributed by atoms with Crippen LogP contribution in [-0.2, 0) is 11.2 Å². The van der Waals surface area contributed by atoms with Crippen LogP contribution in [0.4, 0.5) is 0 Å². The molecular weight excluding hydrogens is 244 g/mol. The highest BCUT2D eigenvalue weighted by Gasteiger charge is 2.46. The zero-order valence-electron chi connectivity index (χ0n) is 11.2. The molecule has 1 aromatic carbocycles. The van der Waals surface area contributed by atoms with Gasteiger partial charge in [-0.3, -0.25) is 4.79 Å². The molecule has 102 valence electrons. The third-order valence-corrected chi connectivity index (χ3v) is 3.84. The first-order valence-electron chi connectivity index (χ1n) is 6.79. The van der Waals surface area contributed by atoms with Crippen molar-refractivity contribution in [3.05, 3.63) is 23.3 Å². The van der Waals surface area contributed by atoms with E-state index in [0.29, 0.717) is 13.0 Å². The van der Waals surface area contributed by atoms with Gasteiger partial charge in [-0.15, -0.1) is 0 Å². The van der Waals surface area contributed by atoms with Gasteiger partial charge in [0, 0.05) is 23.5 Å². The zero-order valence-corrected chi connectivity index (χ0v) is 11.2. The SMILES string of the molecule is CCOc1cc2c(cc1[C@@H]1C[C@H]1C(=O)O)O[C@@H](C)C2. The molecule has 0 unspecified atom stereocenters. The molecular formula is C15H18O4. The van der Waals surface area contributed by atoms with E-state index in [0.717, 1.165) is 29.0 Å². The monoisotopic (exact) mass is 262 g/mol. The molecule has 1 N–H and O–H groups in total. The largest absolute Gasteiger partial charge is 0.494 e. The number of hydrogen-bond donors (Lipinski definition) is 1. The Morgan fingerprint density at radius 2 is 2.32 bits per heavy atom. The highest BCUT2D eigenvalue weighted by Crippen LogP contribution is 2.52. The molecule has 3 atom stereocenters. The van der Waals surface area contributed by atoms with Crippen LogP contribution >= 0.6 is 0 Å². The minimum atomic E-state index is -0.720. The van der Waals surface area contributed by atoms with Gasteiger partial charge >= 0.3 is 5.97 Å². The zero-order chi connectivity index (χ0) is 13.6. The van der Waals surface area contributed by atoms with Crippen LogP contribution in [0.15, 0.2) is 12.1 Å². The van der Waals surface area contributed by atoms with E-state index in [9.17, 15) is 4.79 Å². The molecule has 1 aromatic rings. The van der Waals surface area contributed by atoms with Crippen molar-refractivity contribution in [3.8, 4) is 11.5 Å². The lowest BCUT2D eigenvalue weighted by Gasteiger charge is -2.12. The van der Waals surface area contributed by atoms with Crippen LogP contribution in [0, 0.1) is 5.92 Å². The first kappa shape index (κ1) is 12.3. The molecule has 4 heteroatoms. The van der Waals surface area contributed by atoms with Gasteiger partial charge in [0.15, 0.2) is 0 Å². The molecule has 0 radical (unpaired) electrons. The smallest absolute Gasteiger partial charge is 0.307 e. The van der Waals surface area contributed by atoms with Gasteiger partial charge in [0.05, 0.1) is 12.5 Å². The molecule has 19 heavy (non-hydrogen) atoms. The van der Waals surface area contributed by atoms with E-state index in [1.54, 1.807) is 0 Å². The highest BCUT2D eigenvalue weighted by atomic mass is 16.5. The second kappa shape index (κ2) is 4.44.